The third-order valence-corrected chi connectivity index (χ3v) is 8.46. The molecule has 0 saturated carbocycles. The molecule has 1 spiro atoms. The highest BCUT2D eigenvalue weighted by Crippen LogP contribution is 2.61. The summed E-state index contributed by atoms with van der Waals surface area (Å²) < 4.78 is 0. The van der Waals surface area contributed by atoms with Crippen molar-refractivity contribution in [3.05, 3.63) is 56.5 Å². The second kappa shape index (κ2) is 6.70. The Bertz CT molecular complexity index is 1250. The molecule has 3 fully saturated rings. The van der Waals surface area contributed by atoms with Gasteiger partial charge < -0.3 is 5.32 Å². The van der Waals surface area contributed by atoms with Gasteiger partial charge in [-0.1, -0.05) is 40.9 Å². The van der Waals surface area contributed by atoms with E-state index >= 15 is 0 Å². The fourth-order valence-electron chi connectivity index (χ4n) is 6.34. The van der Waals surface area contributed by atoms with Crippen molar-refractivity contribution in [2.45, 2.75) is 31.3 Å². The molecule has 0 unspecified atom stereocenters. The number of fused-ring (bicyclic) bond motifs is 7. The van der Waals surface area contributed by atoms with E-state index < -0.39 is 23.3 Å². The number of nitrogens with zero attached hydrogens (tertiary/aromatic N) is 2. The highest BCUT2D eigenvalue weighted by atomic mass is 35.5. The van der Waals surface area contributed by atoms with E-state index in [2.05, 4.69) is 10.2 Å². The van der Waals surface area contributed by atoms with Crippen molar-refractivity contribution in [2.75, 3.05) is 16.8 Å². The molecule has 164 valence electrons. The molecule has 6 nitrogen and oxygen atoms in total. The highest BCUT2D eigenvalue weighted by Gasteiger charge is 2.74. The van der Waals surface area contributed by atoms with Crippen LogP contribution in [0.15, 0.2) is 30.3 Å². The summed E-state index contributed by atoms with van der Waals surface area (Å²) in [5, 5.41) is 3.88. The van der Waals surface area contributed by atoms with Gasteiger partial charge in [0, 0.05) is 22.3 Å². The minimum absolute atomic E-state index is 0.142. The van der Waals surface area contributed by atoms with Crippen molar-refractivity contribution in [2.24, 2.45) is 11.8 Å². The fourth-order valence-corrected chi connectivity index (χ4v) is 6.99. The molecule has 9 heteroatoms. The summed E-state index contributed by atoms with van der Waals surface area (Å²) in [5.41, 5.74) is 1.15. The molecule has 2 aromatic carbocycles. The maximum Gasteiger partial charge on any atom is 0.250 e. The summed E-state index contributed by atoms with van der Waals surface area (Å²) in [5.74, 6) is -2.56. The summed E-state index contributed by atoms with van der Waals surface area (Å²) >= 11 is 19.0. The summed E-state index contributed by atoms with van der Waals surface area (Å²) in [6.45, 7) is 2.51. The molecular weight excluding hydrogens is 473 g/mol. The molecule has 4 aliphatic rings. The third-order valence-electron chi connectivity index (χ3n) is 7.44. The zero-order valence-corrected chi connectivity index (χ0v) is 19.3. The minimum atomic E-state index is -1.27. The van der Waals surface area contributed by atoms with Crippen molar-refractivity contribution in [1.82, 2.24) is 4.90 Å². The number of benzene rings is 2. The number of imide groups is 1. The zero-order valence-electron chi connectivity index (χ0n) is 17.0. The monoisotopic (exact) mass is 489 g/mol. The first kappa shape index (κ1) is 20.5. The van der Waals surface area contributed by atoms with Crippen LogP contribution in [0.3, 0.4) is 0 Å². The molecule has 3 amide bonds. The number of amides is 3. The Hall–Kier alpha value is -2.12. The Balaban J connectivity index is 1.59. The predicted octanol–water partition coefficient (Wildman–Crippen LogP) is 4.39. The van der Waals surface area contributed by atoms with Crippen molar-refractivity contribution in [1.29, 1.82) is 0 Å². The third kappa shape index (κ3) is 2.29. The van der Waals surface area contributed by atoms with Gasteiger partial charge in [-0.05, 0) is 56.1 Å². The summed E-state index contributed by atoms with van der Waals surface area (Å²) in [6.07, 6.45) is 1.58. The molecule has 3 saturated heterocycles. The topological polar surface area (TPSA) is 69.7 Å². The number of hydrogen-bond donors (Lipinski definition) is 1. The Morgan fingerprint density at radius 1 is 1.09 bits per heavy atom. The van der Waals surface area contributed by atoms with Crippen molar-refractivity contribution < 1.29 is 14.4 Å². The Labute approximate surface area is 199 Å². The second-order valence-corrected chi connectivity index (χ2v) is 10.1. The van der Waals surface area contributed by atoms with Crippen LogP contribution in [0.25, 0.3) is 0 Å². The van der Waals surface area contributed by atoms with Crippen LogP contribution in [0, 0.1) is 18.8 Å². The van der Waals surface area contributed by atoms with Crippen LogP contribution in [0.1, 0.15) is 24.0 Å². The largest absolute Gasteiger partial charge is 0.324 e. The first-order chi connectivity index (χ1) is 15.3. The van der Waals surface area contributed by atoms with E-state index in [0.717, 1.165) is 23.3 Å². The lowest BCUT2D eigenvalue weighted by Gasteiger charge is -2.36. The molecule has 2 aromatic rings. The minimum Gasteiger partial charge on any atom is -0.324 e. The zero-order chi connectivity index (χ0) is 22.5. The molecule has 32 heavy (non-hydrogen) atoms. The van der Waals surface area contributed by atoms with Crippen LogP contribution in [0.2, 0.25) is 15.1 Å². The molecule has 4 heterocycles. The van der Waals surface area contributed by atoms with Gasteiger partial charge in [-0.2, -0.15) is 0 Å². The van der Waals surface area contributed by atoms with E-state index in [-0.39, 0.29) is 33.6 Å². The molecule has 0 bridgehead atoms. The quantitative estimate of drug-likeness (QED) is 0.602. The van der Waals surface area contributed by atoms with E-state index in [1.807, 2.05) is 6.92 Å². The van der Waals surface area contributed by atoms with E-state index in [1.54, 1.807) is 30.3 Å². The lowest BCUT2D eigenvalue weighted by Crippen LogP contribution is -2.54. The smallest absolute Gasteiger partial charge is 0.250 e. The van der Waals surface area contributed by atoms with Gasteiger partial charge >= 0.3 is 0 Å². The Morgan fingerprint density at radius 3 is 2.66 bits per heavy atom. The second-order valence-electron chi connectivity index (χ2n) is 8.86. The van der Waals surface area contributed by atoms with Crippen molar-refractivity contribution in [3.63, 3.8) is 0 Å². The lowest BCUT2D eigenvalue weighted by molar-refractivity contribution is -0.135. The van der Waals surface area contributed by atoms with E-state index in [9.17, 15) is 14.4 Å². The van der Waals surface area contributed by atoms with Gasteiger partial charge in [-0.15, -0.1) is 0 Å². The van der Waals surface area contributed by atoms with Gasteiger partial charge in [0.05, 0.1) is 27.6 Å². The van der Waals surface area contributed by atoms with Gasteiger partial charge in [-0.25, -0.2) is 4.90 Å². The molecular formula is C23H18Cl3N3O3. The maximum atomic E-state index is 13.9. The molecule has 0 radical (unpaired) electrons. The van der Waals surface area contributed by atoms with Gasteiger partial charge in [0.15, 0.2) is 0 Å². The summed E-state index contributed by atoms with van der Waals surface area (Å²) in [7, 11) is 0. The Kier molecular flexibility index (Phi) is 4.29. The predicted molar refractivity (Wildman–Crippen MR) is 122 cm³/mol. The number of carbonyl (C=O) groups excluding carboxylic acids is 3. The van der Waals surface area contributed by atoms with Gasteiger partial charge in [0.25, 0.3) is 0 Å². The molecule has 4 atom stereocenters. The number of hydrogen-bond acceptors (Lipinski definition) is 4. The molecule has 6 rings (SSSR count). The van der Waals surface area contributed by atoms with Crippen LogP contribution in [0.5, 0.6) is 0 Å². The van der Waals surface area contributed by atoms with Crippen molar-refractivity contribution >= 4 is 63.9 Å². The first-order valence-corrected chi connectivity index (χ1v) is 11.6. The van der Waals surface area contributed by atoms with E-state index in [1.165, 1.54) is 0 Å². The van der Waals surface area contributed by atoms with Crippen molar-refractivity contribution in [3.8, 4) is 0 Å². The lowest BCUT2D eigenvalue weighted by atomic mass is 9.75. The number of aryl methyl sites for hydroxylation is 1. The number of nitrogens with one attached hydrogen (secondary N) is 1. The standard InChI is InChI=1S/C23H18Cl3N3O3/c1-10-8-11(24)9-12-19(10)27-22(32)23(12)17-16(14-6-3-7-28(14)23)20(30)29(21(17)31)15-5-2-4-13(25)18(15)26/h2,4-5,8-9,14,16-17H,3,6-7H2,1H3,(H,27,32)/t14-,16-,17+,23+/m1/s1. The average Bonchev–Trinajstić information content (AvgIpc) is 3.44. The van der Waals surface area contributed by atoms with Crippen LogP contribution < -0.4 is 10.2 Å². The van der Waals surface area contributed by atoms with E-state index in [0.29, 0.717) is 22.8 Å². The highest BCUT2D eigenvalue weighted by molar-refractivity contribution is 6.45. The molecule has 1 N–H and O–H groups in total. The van der Waals surface area contributed by atoms with Crippen LogP contribution in [0.4, 0.5) is 11.4 Å². The summed E-state index contributed by atoms with van der Waals surface area (Å²) in [4.78, 5) is 44.5. The number of rotatable bonds is 1. The van der Waals surface area contributed by atoms with Gasteiger partial charge in [0.2, 0.25) is 17.7 Å². The van der Waals surface area contributed by atoms with Crippen LogP contribution >= 0.6 is 34.8 Å². The molecule has 4 aliphatic heterocycles. The van der Waals surface area contributed by atoms with Gasteiger partial charge in [-0.3, -0.25) is 19.3 Å². The molecule has 0 aromatic heterocycles. The van der Waals surface area contributed by atoms with Crippen LogP contribution in [-0.4, -0.2) is 35.2 Å². The first-order valence-electron chi connectivity index (χ1n) is 10.5. The summed E-state index contributed by atoms with van der Waals surface area (Å²) in [6, 6.07) is 8.19. The number of anilines is 2. The number of halogens is 3. The normalized spacial score (nSPS) is 30.8. The Morgan fingerprint density at radius 2 is 1.88 bits per heavy atom. The van der Waals surface area contributed by atoms with E-state index in [4.69, 9.17) is 34.8 Å². The SMILES string of the molecule is Cc1cc(Cl)cc2c1NC(=O)[C@@]21[C@@H]2C(=O)N(c3cccc(Cl)c3Cl)C(=O)[C@@H]2[C@H]2CCCN21. The average molecular weight is 491 g/mol. The van der Waals surface area contributed by atoms with Gasteiger partial charge in [0.1, 0.15) is 5.54 Å². The fraction of sp³-hybridized carbons (Fsp3) is 0.348. The van der Waals surface area contributed by atoms with Crippen LogP contribution in [-0.2, 0) is 19.9 Å². The molecule has 0 aliphatic carbocycles. The number of carbonyl (C=O) groups is 3. The maximum absolute atomic E-state index is 13.9.